The van der Waals surface area contributed by atoms with Gasteiger partial charge in [-0.05, 0) is 29.7 Å². The zero-order valence-corrected chi connectivity index (χ0v) is 11.1. The van der Waals surface area contributed by atoms with Crippen LogP contribution in [0.2, 0.25) is 0 Å². The molecule has 1 fully saturated rings. The highest BCUT2D eigenvalue weighted by Crippen LogP contribution is 2.18. The summed E-state index contributed by atoms with van der Waals surface area (Å²) in [6.07, 6.45) is 6.98. The third-order valence-electron chi connectivity index (χ3n) is 3.24. The van der Waals surface area contributed by atoms with Crippen molar-refractivity contribution < 1.29 is 0 Å². The van der Waals surface area contributed by atoms with Crippen LogP contribution >= 0.6 is 0 Å². The standard InChI is InChI=1S/C15H24N2/c1-6-14(13(5)12(3)4)10-16-15-8-9-17(7-2)11-15/h6-7,10,12,15-16H,1-2,5,8-9,11H2,3-4H3/b14-10+. The van der Waals surface area contributed by atoms with Crippen LogP contribution in [0, 0.1) is 5.92 Å². The number of likely N-dealkylation sites (tertiary alicyclic amines) is 1. The van der Waals surface area contributed by atoms with Crippen LogP contribution in [-0.2, 0) is 0 Å². The fourth-order valence-electron chi connectivity index (χ4n) is 1.91. The van der Waals surface area contributed by atoms with Gasteiger partial charge in [0.15, 0.2) is 0 Å². The summed E-state index contributed by atoms with van der Waals surface area (Å²) in [4.78, 5) is 2.23. The highest BCUT2D eigenvalue weighted by Gasteiger charge is 2.18. The van der Waals surface area contributed by atoms with Gasteiger partial charge in [-0.15, -0.1) is 0 Å². The van der Waals surface area contributed by atoms with E-state index in [0.717, 1.165) is 30.7 Å². The van der Waals surface area contributed by atoms with Gasteiger partial charge in [-0.3, -0.25) is 0 Å². The van der Waals surface area contributed by atoms with Gasteiger partial charge in [-0.25, -0.2) is 0 Å². The van der Waals surface area contributed by atoms with Crippen LogP contribution < -0.4 is 5.32 Å². The minimum absolute atomic E-state index is 0.453. The summed E-state index contributed by atoms with van der Waals surface area (Å²) in [5.41, 5.74) is 2.24. The number of rotatable bonds is 6. The Morgan fingerprint density at radius 1 is 1.41 bits per heavy atom. The molecule has 1 atom stereocenters. The van der Waals surface area contributed by atoms with Crippen molar-refractivity contribution in [2.75, 3.05) is 13.1 Å². The van der Waals surface area contributed by atoms with Gasteiger partial charge in [0.1, 0.15) is 0 Å². The largest absolute Gasteiger partial charge is 0.386 e. The number of allylic oxidation sites excluding steroid dienone is 3. The second-order valence-corrected chi connectivity index (χ2v) is 4.81. The first kappa shape index (κ1) is 13.6. The minimum atomic E-state index is 0.453. The molecule has 1 N–H and O–H groups in total. The Morgan fingerprint density at radius 2 is 2.12 bits per heavy atom. The summed E-state index contributed by atoms with van der Waals surface area (Å²) in [5, 5.41) is 3.45. The van der Waals surface area contributed by atoms with Gasteiger partial charge in [0.2, 0.25) is 0 Å². The Kier molecular flexibility index (Phi) is 5.08. The van der Waals surface area contributed by atoms with Crippen molar-refractivity contribution in [1.29, 1.82) is 0 Å². The molecular formula is C15H24N2. The molecule has 2 nitrogen and oxygen atoms in total. The molecule has 1 saturated heterocycles. The predicted octanol–water partition coefficient (Wildman–Crippen LogP) is 3.08. The molecule has 94 valence electrons. The minimum Gasteiger partial charge on any atom is -0.386 e. The van der Waals surface area contributed by atoms with Crippen LogP contribution in [0.25, 0.3) is 0 Å². The van der Waals surface area contributed by atoms with Gasteiger partial charge < -0.3 is 10.2 Å². The van der Waals surface area contributed by atoms with Crippen LogP contribution in [0.4, 0.5) is 0 Å². The van der Waals surface area contributed by atoms with Crippen molar-refractivity contribution in [2.45, 2.75) is 26.3 Å². The third kappa shape index (κ3) is 3.81. The lowest BCUT2D eigenvalue weighted by molar-refractivity contribution is 0.453. The number of nitrogens with one attached hydrogen (secondary N) is 1. The molecule has 0 aliphatic carbocycles. The van der Waals surface area contributed by atoms with Gasteiger partial charge in [-0.1, -0.05) is 39.7 Å². The van der Waals surface area contributed by atoms with Crippen LogP contribution in [-0.4, -0.2) is 24.0 Å². The van der Waals surface area contributed by atoms with E-state index < -0.39 is 0 Å². The van der Waals surface area contributed by atoms with Gasteiger partial charge in [0.05, 0.1) is 0 Å². The maximum absolute atomic E-state index is 4.10. The normalized spacial score (nSPS) is 20.5. The highest BCUT2D eigenvalue weighted by atomic mass is 15.2. The van der Waals surface area contributed by atoms with Gasteiger partial charge in [0, 0.05) is 25.3 Å². The summed E-state index contributed by atoms with van der Waals surface area (Å²) in [6, 6.07) is 0.503. The van der Waals surface area contributed by atoms with Crippen LogP contribution in [0.5, 0.6) is 0 Å². The summed E-state index contributed by atoms with van der Waals surface area (Å²) in [7, 11) is 0. The molecule has 0 aromatic heterocycles. The molecular weight excluding hydrogens is 208 g/mol. The topological polar surface area (TPSA) is 15.3 Å². The van der Waals surface area contributed by atoms with E-state index in [2.05, 4.69) is 43.8 Å². The third-order valence-corrected chi connectivity index (χ3v) is 3.24. The molecule has 1 aliphatic rings. The average Bonchev–Trinajstić information content (AvgIpc) is 2.77. The number of hydrogen-bond acceptors (Lipinski definition) is 2. The first-order chi connectivity index (χ1) is 8.08. The highest BCUT2D eigenvalue weighted by molar-refractivity contribution is 5.37. The van der Waals surface area contributed by atoms with Crippen molar-refractivity contribution in [2.24, 2.45) is 5.92 Å². The maximum atomic E-state index is 4.10. The predicted molar refractivity (Wildman–Crippen MR) is 75.6 cm³/mol. The molecule has 17 heavy (non-hydrogen) atoms. The van der Waals surface area contributed by atoms with E-state index in [-0.39, 0.29) is 0 Å². The zero-order chi connectivity index (χ0) is 12.8. The fraction of sp³-hybridized carbons (Fsp3) is 0.467. The maximum Gasteiger partial charge on any atom is 0.0447 e. The van der Waals surface area contributed by atoms with E-state index in [1.807, 2.05) is 18.5 Å². The van der Waals surface area contributed by atoms with E-state index in [4.69, 9.17) is 0 Å². The van der Waals surface area contributed by atoms with E-state index in [1.165, 1.54) is 0 Å². The molecule has 2 heteroatoms. The Bertz CT molecular complexity index is 326. The second kappa shape index (κ2) is 6.33. The molecule has 1 heterocycles. The van der Waals surface area contributed by atoms with Crippen molar-refractivity contribution >= 4 is 0 Å². The number of nitrogens with zero attached hydrogens (tertiary/aromatic N) is 1. The molecule has 0 aromatic carbocycles. The lowest BCUT2D eigenvalue weighted by Crippen LogP contribution is -2.27. The SMILES string of the molecule is C=C/C(=C\NC1CCN(C=C)C1)C(=C)C(C)C. The molecule has 0 amide bonds. The average molecular weight is 232 g/mol. The summed E-state index contributed by atoms with van der Waals surface area (Å²) < 4.78 is 0. The fourth-order valence-corrected chi connectivity index (χ4v) is 1.91. The molecule has 1 rings (SSSR count). The molecule has 1 unspecified atom stereocenters. The Balaban J connectivity index is 2.54. The number of hydrogen-bond donors (Lipinski definition) is 1. The van der Waals surface area contributed by atoms with E-state index in [9.17, 15) is 0 Å². The summed E-state index contributed by atoms with van der Waals surface area (Å²) in [5.74, 6) is 0.453. The second-order valence-electron chi connectivity index (χ2n) is 4.81. The molecule has 0 bridgehead atoms. The van der Waals surface area contributed by atoms with Gasteiger partial charge in [0.25, 0.3) is 0 Å². The van der Waals surface area contributed by atoms with Crippen molar-refractivity contribution in [3.05, 3.63) is 49.4 Å². The van der Waals surface area contributed by atoms with Gasteiger partial charge >= 0.3 is 0 Å². The smallest absolute Gasteiger partial charge is 0.0447 e. The van der Waals surface area contributed by atoms with Crippen molar-refractivity contribution in [3.8, 4) is 0 Å². The zero-order valence-electron chi connectivity index (χ0n) is 11.1. The monoisotopic (exact) mass is 232 g/mol. The van der Waals surface area contributed by atoms with Gasteiger partial charge in [-0.2, -0.15) is 0 Å². The van der Waals surface area contributed by atoms with E-state index in [1.54, 1.807) is 0 Å². The Labute approximate surface area is 105 Å². The Hall–Kier alpha value is -1.44. The molecule has 0 saturated carbocycles. The van der Waals surface area contributed by atoms with E-state index in [0.29, 0.717) is 12.0 Å². The first-order valence-electron chi connectivity index (χ1n) is 6.23. The summed E-state index contributed by atoms with van der Waals surface area (Å²) >= 11 is 0. The molecule has 0 aromatic rings. The van der Waals surface area contributed by atoms with Crippen LogP contribution in [0.1, 0.15) is 20.3 Å². The molecule has 1 aliphatic heterocycles. The first-order valence-corrected chi connectivity index (χ1v) is 6.23. The van der Waals surface area contributed by atoms with Crippen molar-refractivity contribution in [1.82, 2.24) is 10.2 Å². The van der Waals surface area contributed by atoms with Crippen molar-refractivity contribution in [3.63, 3.8) is 0 Å². The lowest BCUT2D eigenvalue weighted by Gasteiger charge is -2.15. The van der Waals surface area contributed by atoms with Crippen LogP contribution in [0.3, 0.4) is 0 Å². The van der Waals surface area contributed by atoms with Crippen LogP contribution in [0.15, 0.2) is 49.4 Å². The summed E-state index contributed by atoms with van der Waals surface area (Å²) in [6.45, 7) is 18.1. The lowest BCUT2D eigenvalue weighted by atomic mass is 9.97. The molecule has 0 radical (unpaired) electrons. The van der Waals surface area contributed by atoms with E-state index >= 15 is 0 Å². The Morgan fingerprint density at radius 3 is 2.59 bits per heavy atom. The molecule has 0 spiro atoms. The quantitative estimate of drug-likeness (QED) is 0.708.